The summed E-state index contributed by atoms with van der Waals surface area (Å²) in [5.41, 5.74) is 2.98. The third-order valence-corrected chi connectivity index (χ3v) is 6.21. The molecular weight excluding hydrogens is 350 g/mol. The molecule has 2 fully saturated rings. The van der Waals surface area contributed by atoms with Crippen LogP contribution in [0.1, 0.15) is 43.2 Å². The molecule has 2 aromatic rings. The molecule has 4 nitrogen and oxygen atoms in total. The summed E-state index contributed by atoms with van der Waals surface area (Å²) in [5, 5.41) is 2.89. The SMILES string of the molecule is O=C(COC(=O)CC1CC2CCC1C2)Nc1ccccc1Cc1ccccc1. The predicted molar refractivity (Wildman–Crippen MR) is 109 cm³/mol. The van der Waals surface area contributed by atoms with Crippen LogP contribution in [0.5, 0.6) is 0 Å². The molecule has 4 rings (SSSR count). The minimum absolute atomic E-state index is 0.223. The van der Waals surface area contributed by atoms with Gasteiger partial charge in [-0.25, -0.2) is 0 Å². The first-order valence-electron chi connectivity index (χ1n) is 10.2. The lowest BCUT2D eigenvalue weighted by atomic mass is 9.86. The Bertz CT molecular complexity index is 833. The van der Waals surface area contributed by atoms with E-state index < -0.39 is 0 Å². The van der Waals surface area contributed by atoms with E-state index in [1.54, 1.807) is 0 Å². The molecule has 2 aliphatic rings. The number of benzene rings is 2. The first-order valence-corrected chi connectivity index (χ1v) is 10.2. The van der Waals surface area contributed by atoms with Gasteiger partial charge in [0.05, 0.1) is 0 Å². The van der Waals surface area contributed by atoms with Gasteiger partial charge in [-0.3, -0.25) is 9.59 Å². The molecular formula is C24H27NO3. The van der Waals surface area contributed by atoms with E-state index in [-0.39, 0.29) is 18.5 Å². The van der Waals surface area contributed by atoms with Crippen molar-refractivity contribution in [2.24, 2.45) is 17.8 Å². The number of fused-ring (bicyclic) bond motifs is 2. The van der Waals surface area contributed by atoms with Crippen LogP contribution in [0.3, 0.4) is 0 Å². The third kappa shape index (κ3) is 4.61. The molecule has 0 radical (unpaired) electrons. The summed E-state index contributed by atoms with van der Waals surface area (Å²) in [6.07, 6.45) is 6.19. The molecule has 0 aromatic heterocycles. The number of carbonyl (C=O) groups excluding carboxylic acids is 2. The van der Waals surface area contributed by atoms with Gasteiger partial charge in [-0.2, -0.15) is 0 Å². The molecule has 0 saturated heterocycles. The fourth-order valence-electron chi connectivity index (χ4n) is 4.84. The molecule has 3 unspecified atom stereocenters. The summed E-state index contributed by atoms with van der Waals surface area (Å²) in [4.78, 5) is 24.4. The van der Waals surface area contributed by atoms with Crippen LogP contribution in [0.2, 0.25) is 0 Å². The van der Waals surface area contributed by atoms with Gasteiger partial charge in [-0.15, -0.1) is 0 Å². The molecule has 0 spiro atoms. The van der Waals surface area contributed by atoms with Crippen molar-refractivity contribution in [3.63, 3.8) is 0 Å². The van der Waals surface area contributed by atoms with Crippen molar-refractivity contribution >= 4 is 17.6 Å². The lowest BCUT2D eigenvalue weighted by Crippen LogP contribution is -2.23. The number of ether oxygens (including phenoxy) is 1. The minimum Gasteiger partial charge on any atom is -0.456 e. The van der Waals surface area contributed by atoms with Crippen LogP contribution in [0.15, 0.2) is 54.6 Å². The summed E-state index contributed by atoms with van der Waals surface area (Å²) >= 11 is 0. The normalized spacial score (nSPS) is 22.8. The van der Waals surface area contributed by atoms with Crippen LogP contribution < -0.4 is 5.32 Å². The van der Waals surface area contributed by atoms with Gasteiger partial charge < -0.3 is 10.1 Å². The van der Waals surface area contributed by atoms with E-state index in [9.17, 15) is 9.59 Å². The van der Waals surface area contributed by atoms with Crippen molar-refractivity contribution in [2.45, 2.75) is 38.5 Å². The molecule has 146 valence electrons. The monoisotopic (exact) mass is 377 g/mol. The van der Waals surface area contributed by atoms with Crippen molar-refractivity contribution in [1.82, 2.24) is 0 Å². The number of nitrogens with one attached hydrogen (secondary N) is 1. The summed E-state index contributed by atoms with van der Waals surface area (Å²) < 4.78 is 5.25. The van der Waals surface area contributed by atoms with Gasteiger partial charge in [0.25, 0.3) is 5.91 Å². The highest BCUT2D eigenvalue weighted by molar-refractivity contribution is 5.93. The maximum Gasteiger partial charge on any atom is 0.306 e. The second-order valence-electron chi connectivity index (χ2n) is 8.17. The largest absolute Gasteiger partial charge is 0.456 e. The zero-order valence-corrected chi connectivity index (χ0v) is 16.1. The number of anilines is 1. The zero-order chi connectivity index (χ0) is 19.3. The number of para-hydroxylation sites is 1. The highest BCUT2D eigenvalue weighted by Crippen LogP contribution is 2.49. The van der Waals surface area contributed by atoms with Crippen molar-refractivity contribution in [3.8, 4) is 0 Å². The standard InChI is InChI=1S/C24H27NO3/c26-23(16-28-24(27)15-21-14-18-10-11-19(21)13-18)25-22-9-5-4-8-20(22)12-17-6-2-1-3-7-17/h1-9,18-19,21H,10-16H2,(H,25,26). The van der Waals surface area contributed by atoms with Gasteiger partial charge in [0, 0.05) is 12.1 Å². The van der Waals surface area contributed by atoms with Crippen LogP contribution in [0, 0.1) is 17.8 Å². The number of rotatable bonds is 7. The maximum atomic E-state index is 12.3. The van der Waals surface area contributed by atoms with Crippen molar-refractivity contribution in [1.29, 1.82) is 0 Å². The Morgan fingerprint density at radius 2 is 1.75 bits per heavy atom. The van der Waals surface area contributed by atoms with E-state index >= 15 is 0 Å². The topological polar surface area (TPSA) is 55.4 Å². The lowest BCUT2D eigenvalue weighted by molar-refractivity contribution is -0.148. The van der Waals surface area contributed by atoms with E-state index in [0.29, 0.717) is 18.3 Å². The highest BCUT2D eigenvalue weighted by Gasteiger charge is 2.40. The van der Waals surface area contributed by atoms with Gasteiger partial charge >= 0.3 is 5.97 Å². The number of carbonyl (C=O) groups is 2. The maximum absolute atomic E-state index is 12.3. The predicted octanol–water partition coefficient (Wildman–Crippen LogP) is 4.59. The second kappa shape index (κ2) is 8.59. The number of amides is 1. The molecule has 1 amide bonds. The zero-order valence-electron chi connectivity index (χ0n) is 16.1. The average molecular weight is 377 g/mol. The van der Waals surface area contributed by atoms with Crippen LogP contribution >= 0.6 is 0 Å². The molecule has 3 atom stereocenters. The molecule has 1 N–H and O–H groups in total. The fraction of sp³-hybridized carbons (Fsp3) is 0.417. The number of hydrogen-bond donors (Lipinski definition) is 1. The molecule has 2 aromatic carbocycles. The Balaban J connectivity index is 1.27. The summed E-state index contributed by atoms with van der Waals surface area (Å²) in [5.74, 6) is 1.43. The Hall–Kier alpha value is -2.62. The van der Waals surface area contributed by atoms with E-state index in [1.165, 1.54) is 24.8 Å². The van der Waals surface area contributed by atoms with E-state index in [2.05, 4.69) is 17.4 Å². The number of esters is 1. The molecule has 2 aliphatic carbocycles. The molecule has 0 heterocycles. The Kier molecular flexibility index (Phi) is 5.75. The van der Waals surface area contributed by atoms with Gasteiger partial charge in [0.1, 0.15) is 0 Å². The van der Waals surface area contributed by atoms with Gasteiger partial charge in [0.2, 0.25) is 0 Å². The van der Waals surface area contributed by atoms with Crippen LogP contribution in [-0.2, 0) is 20.7 Å². The molecule has 0 aliphatic heterocycles. The second-order valence-corrected chi connectivity index (χ2v) is 8.17. The van der Waals surface area contributed by atoms with Gasteiger partial charge in [0.15, 0.2) is 6.61 Å². The van der Waals surface area contributed by atoms with Gasteiger partial charge in [-0.1, -0.05) is 55.0 Å². The Labute approximate surface area is 166 Å². The van der Waals surface area contributed by atoms with Crippen LogP contribution in [0.4, 0.5) is 5.69 Å². The van der Waals surface area contributed by atoms with Crippen LogP contribution in [0.25, 0.3) is 0 Å². The van der Waals surface area contributed by atoms with Crippen molar-refractivity contribution in [2.75, 3.05) is 11.9 Å². The fourth-order valence-corrected chi connectivity index (χ4v) is 4.84. The Morgan fingerprint density at radius 1 is 0.964 bits per heavy atom. The average Bonchev–Trinajstić information content (AvgIpc) is 3.32. The van der Waals surface area contributed by atoms with E-state index in [0.717, 1.165) is 30.0 Å². The summed E-state index contributed by atoms with van der Waals surface area (Å²) in [6.45, 7) is -0.223. The minimum atomic E-state index is -0.290. The quantitative estimate of drug-likeness (QED) is 0.718. The summed E-state index contributed by atoms with van der Waals surface area (Å²) in [7, 11) is 0. The van der Waals surface area contributed by atoms with Crippen molar-refractivity contribution in [3.05, 3.63) is 65.7 Å². The molecule has 4 heteroatoms. The van der Waals surface area contributed by atoms with Gasteiger partial charge in [-0.05, 0) is 60.6 Å². The number of hydrogen-bond acceptors (Lipinski definition) is 3. The first kappa shape index (κ1) is 18.7. The van der Waals surface area contributed by atoms with Crippen molar-refractivity contribution < 1.29 is 14.3 Å². The highest BCUT2D eigenvalue weighted by atomic mass is 16.5. The smallest absolute Gasteiger partial charge is 0.306 e. The Morgan fingerprint density at radius 3 is 2.50 bits per heavy atom. The van der Waals surface area contributed by atoms with E-state index in [1.807, 2.05) is 42.5 Å². The molecule has 2 saturated carbocycles. The van der Waals surface area contributed by atoms with Crippen LogP contribution in [-0.4, -0.2) is 18.5 Å². The molecule has 2 bridgehead atoms. The first-order chi connectivity index (χ1) is 13.7. The summed E-state index contributed by atoms with van der Waals surface area (Å²) in [6, 6.07) is 17.9. The lowest BCUT2D eigenvalue weighted by Gasteiger charge is -2.20. The van der Waals surface area contributed by atoms with E-state index in [4.69, 9.17) is 4.74 Å². The third-order valence-electron chi connectivity index (χ3n) is 6.21. The molecule has 28 heavy (non-hydrogen) atoms.